The van der Waals surface area contributed by atoms with E-state index in [4.69, 9.17) is 17.3 Å². The van der Waals surface area contributed by atoms with Crippen LogP contribution in [0.25, 0.3) is 0 Å². The molecule has 0 saturated carbocycles. The van der Waals surface area contributed by atoms with Crippen LogP contribution >= 0.6 is 11.6 Å². The summed E-state index contributed by atoms with van der Waals surface area (Å²) < 4.78 is 0. The second kappa shape index (κ2) is 5.98. The van der Waals surface area contributed by atoms with Crippen LogP contribution in [0, 0.1) is 0 Å². The molecule has 100 valence electrons. The van der Waals surface area contributed by atoms with E-state index in [1.54, 1.807) is 6.07 Å². The third kappa shape index (κ3) is 3.42. The Kier molecular flexibility index (Phi) is 4.33. The molecule has 0 spiro atoms. The molecule has 0 amide bonds. The molecule has 2 nitrogen and oxygen atoms in total. The first-order valence-electron chi connectivity index (χ1n) is 6.43. The smallest absolute Gasteiger partial charge is 0.0606 e. The van der Waals surface area contributed by atoms with Crippen LogP contribution in [0.3, 0.4) is 0 Å². The Morgan fingerprint density at radius 1 is 1.11 bits per heavy atom. The highest BCUT2D eigenvalue weighted by Gasteiger charge is 2.14. The Morgan fingerprint density at radius 2 is 1.79 bits per heavy atom. The van der Waals surface area contributed by atoms with Gasteiger partial charge in [0.2, 0.25) is 0 Å². The van der Waals surface area contributed by atoms with Crippen LogP contribution in [0.2, 0.25) is 5.02 Å². The van der Waals surface area contributed by atoms with Gasteiger partial charge < -0.3 is 10.6 Å². The quantitative estimate of drug-likeness (QED) is 0.841. The Hall–Kier alpha value is -1.67. The van der Waals surface area contributed by atoms with Crippen molar-refractivity contribution in [2.24, 2.45) is 0 Å². The van der Waals surface area contributed by atoms with Crippen LogP contribution in [-0.4, -0.2) is 6.04 Å². The summed E-state index contributed by atoms with van der Waals surface area (Å²) in [5.41, 5.74) is 9.11. The van der Waals surface area contributed by atoms with Crippen LogP contribution in [0.5, 0.6) is 0 Å². The molecular formula is C16H19ClN2. The fourth-order valence-corrected chi connectivity index (χ4v) is 2.29. The van der Waals surface area contributed by atoms with Crippen molar-refractivity contribution in [3.05, 3.63) is 59.1 Å². The Balaban J connectivity index is 2.30. The van der Waals surface area contributed by atoms with Crippen molar-refractivity contribution in [2.45, 2.75) is 26.4 Å². The molecule has 0 unspecified atom stereocenters. The van der Waals surface area contributed by atoms with Crippen molar-refractivity contribution in [3.8, 4) is 0 Å². The number of hydrogen-bond donors (Lipinski definition) is 1. The van der Waals surface area contributed by atoms with Gasteiger partial charge in [-0.1, -0.05) is 41.9 Å². The molecule has 0 heterocycles. The number of anilines is 2. The zero-order valence-electron chi connectivity index (χ0n) is 11.3. The molecule has 2 rings (SSSR count). The van der Waals surface area contributed by atoms with Gasteiger partial charge in [-0.05, 0) is 37.6 Å². The fraction of sp³-hybridized carbons (Fsp3) is 0.250. The van der Waals surface area contributed by atoms with E-state index in [1.165, 1.54) is 5.56 Å². The van der Waals surface area contributed by atoms with Gasteiger partial charge in [0.1, 0.15) is 0 Å². The summed E-state index contributed by atoms with van der Waals surface area (Å²) in [6.07, 6.45) is 0. The summed E-state index contributed by atoms with van der Waals surface area (Å²) in [6, 6.07) is 16.4. The number of benzene rings is 2. The maximum atomic E-state index is 6.09. The van der Waals surface area contributed by atoms with E-state index in [0.717, 1.165) is 17.9 Å². The summed E-state index contributed by atoms with van der Waals surface area (Å²) in [5, 5.41) is 0.671. The lowest BCUT2D eigenvalue weighted by Gasteiger charge is -2.30. The van der Waals surface area contributed by atoms with Crippen LogP contribution < -0.4 is 10.6 Å². The molecule has 0 aliphatic rings. The molecule has 0 bridgehead atoms. The summed E-state index contributed by atoms with van der Waals surface area (Å²) in [6.45, 7) is 5.16. The topological polar surface area (TPSA) is 29.3 Å². The molecule has 0 aliphatic carbocycles. The molecule has 0 aromatic heterocycles. The van der Waals surface area contributed by atoms with Gasteiger partial charge in [0.25, 0.3) is 0 Å². The third-order valence-corrected chi connectivity index (χ3v) is 3.35. The first-order valence-corrected chi connectivity index (χ1v) is 6.81. The number of nitrogens with zero attached hydrogens (tertiary/aromatic N) is 1. The number of nitrogen functional groups attached to an aromatic ring is 1. The van der Waals surface area contributed by atoms with Gasteiger partial charge in [-0.25, -0.2) is 0 Å². The first kappa shape index (κ1) is 13.8. The third-order valence-electron chi connectivity index (χ3n) is 3.12. The maximum absolute atomic E-state index is 6.09. The van der Waals surface area contributed by atoms with Crippen LogP contribution in [0.4, 0.5) is 11.4 Å². The van der Waals surface area contributed by atoms with Crippen molar-refractivity contribution < 1.29 is 0 Å². The molecule has 3 heteroatoms. The molecule has 0 saturated heterocycles. The molecule has 2 aromatic rings. The maximum Gasteiger partial charge on any atom is 0.0606 e. The van der Waals surface area contributed by atoms with Crippen molar-refractivity contribution in [2.75, 3.05) is 10.6 Å². The largest absolute Gasteiger partial charge is 0.397 e. The first-order chi connectivity index (χ1) is 9.08. The second-order valence-corrected chi connectivity index (χ2v) is 5.35. The van der Waals surface area contributed by atoms with Gasteiger partial charge in [0.15, 0.2) is 0 Å². The summed E-state index contributed by atoms with van der Waals surface area (Å²) in [4.78, 5) is 2.28. The van der Waals surface area contributed by atoms with Gasteiger partial charge in [-0.3, -0.25) is 0 Å². The fourth-order valence-electron chi connectivity index (χ4n) is 2.11. The monoisotopic (exact) mass is 274 g/mol. The average Bonchev–Trinajstić information content (AvgIpc) is 2.38. The van der Waals surface area contributed by atoms with Crippen molar-refractivity contribution >= 4 is 23.0 Å². The van der Waals surface area contributed by atoms with Crippen molar-refractivity contribution in [1.82, 2.24) is 0 Å². The SMILES string of the molecule is CC(C)N(Cc1ccccc1)c1ccc(Cl)cc1N. The molecule has 0 aliphatic heterocycles. The minimum Gasteiger partial charge on any atom is -0.397 e. The Morgan fingerprint density at radius 3 is 2.37 bits per heavy atom. The summed E-state index contributed by atoms with van der Waals surface area (Å²) in [7, 11) is 0. The van der Waals surface area contributed by atoms with Crippen LogP contribution in [0.1, 0.15) is 19.4 Å². The zero-order valence-corrected chi connectivity index (χ0v) is 12.1. The van der Waals surface area contributed by atoms with Gasteiger partial charge in [0.05, 0.1) is 11.4 Å². The number of hydrogen-bond acceptors (Lipinski definition) is 2. The lowest BCUT2D eigenvalue weighted by atomic mass is 10.1. The number of nitrogens with two attached hydrogens (primary N) is 1. The normalized spacial score (nSPS) is 10.7. The highest BCUT2D eigenvalue weighted by molar-refractivity contribution is 6.31. The molecular weight excluding hydrogens is 256 g/mol. The summed E-state index contributed by atoms with van der Waals surface area (Å²) in [5.74, 6) is 0. The van der Waals surface area contributed by atoms with E-state index < -0.39 is 0 Å². The summed E-state index contributed by atoms with van der Waals surface area (Å²) >= 11 is 5.96. The van der Waals surface area contributed by atoms with E-state index in [-0.39, 0.29) is 0 Å². The van der Waals surface area contributed by atoms with E-state index in [1.807, 2.05) is 18.2 Å². The van der Waals surface area contributed by atoms with E-state index >= 15 is 0 Å². The van der Waals surface area contributed by atoms with Crippen LogP contribution in [0.15, 0.2) is 48.5 Å². The van der Waals surface area contributed by atoms with Crippen molar-refractivity contribution in [3.63, 3.8) is 0 Å². The van der Waals surface area contributed by atoms with Gasteiger partial charge in [-0.15, -0.1) is 0 Å². The second-order valence-electron chi connectivity index (χ2n) is 4.91. The van der Waals surface area contributed by atoms with Crippen molar-refractivity contribution in [1.29, 1.82) is 0 Å². The predicted molar refractivity (Wildman–Crippen MR) is 83.6 cm³/mol. The minimum absolute atomic E-state index is 0.365. The standard InChI is InChI=1S/C16H19ClN2/c1-12(2)19(11-13-6-4-3-5-7-13)16-9-8-14(17)10-15(16)18/h3-10,12H,11,18H2,1-2H3. The molecule has 2 aromatic carbocycles. The highest BCUT2D eigenvalue weighted by Crippen LogP contribution is 2.29. The average molecular weight is 275 g/mol. The van der Waals surface area contributed by atoms with Gasteiger partial charge in [0, 0.05) is 17.6 Å². The predicted octanol–water partition coefficient (Wildman–Crippen LogP) is 4.34. The van der Waals surface area contributed by atoms with Gasteiger partial charge in [-0.2, -0.15) is 0 Å². The van der Waals surface area contributed by atoms with Crippen LogP contribution in [-0.2, 0) is 6.54 Å². The lowest BCUT2D eigenvalue weighted by molar-refractivity contribution is 0.683. The Labute approximate surface area is 119 Å². The molecule has 0 atom stereocenters. The van der Waals surface area contributed by atoms with E-state index in [9.17, 15) is 0 Å². The Bertz CT molecular complexity index is 538. The molecule has 0 radical (unpaired) electrons. The lowest BCUT2D eigenvalue weighted by Crippen LogP contribution is -2.30. The van der Waals surface area contributed by atoms with E-state index in [2.05, 4.69) is 43.0 Å². The van der Waals surface area contributed by atoms with Gasteiger partial charge >= 0.3 is 0 Å². The molecule has 0 fully saturated rings. The highest BCUT2D eigenvalue weighted by atomic mass is 35.5. The molecule has 2 N–H and O–H groups in total. The number of rotatable bonds is 4. The zero-order chi connectivity index (χ0) is 13.8. The minimum atomic E-state index is 0.365. The van der Waals surface area contributed by atoms with E-state index in [0.29, 0.717) is 11.1 Å². The molecule has 19 heavy (non-hydrogen) atoms. The number of halogens is 1.